The van der Waals surface area contributed by atoms with Gasteiger partial charge in [-0.25, -0.2) is 22.5 Å². The van der Waals surface area contributed by atoms with E-state index in [-0.39, 0.29) is 34.6 Å². The van der Waals surface area contributed by atoms with Crippen molar-refractivity contribution in [2.24, 2.45) is 0 Å². The van der Waals surface area contributed by atoms with Crippen molar-refractivity contribution in [1.29, 1.82) is 0 Å². The zero-order valence-electron chi connectivity index (χ0n) is 16.3. The van der Waals surface area contributed by atoms with Gasteiger partial charge in [-0.3, -0.25) is 9.78 Å². The first kappa shape index (κ1) is 22.6. The molecule has 2 aromatic heterocycles. The van der Waals surface area contributed by atoms with Crippen molar-refractivity contribution >= 4 is 27.5 Å². The lowest BCUT2D eigenvalue weighted by Crippen LogP contribution is -2.25. The number of nitrogens with zero attached hydrogens (tertiary/aromatic N) is 2. The number of pyridine rings is 2. The first-order chi connectivity index (χ1) is 14.8. The third-order valence-electron chi connectivity index (χ3n) is 4.19. The van der Waals surface area contributed by atoms with Crippen LogP contribution in [0.15, 0.2) is 59.8 Å². The smallest absolute Gasteiger partial charge is 0.270 e. The minimum Gasteiger partial charge on any atom is -0.481 e. The maximum absolute atomic E-state index is 13.2. The van der Waals surface area contributed by atoms with Crippen LogP contribution in [0.5, 0.6) is 5.88 Å². The van der Waals surface area contributed by atoms with E-state index in [1.807, 2.05) is 0 Å². The maximum Gasteiger partial charge on any atom is 0.270 e. The highest BCUT2D eigenvalue weighted by Crippen LogP contribution is 2.19. The SMILES string of the molecule is COc1cc(CNC(=O)c2ccc(CNS(=O)(=O)c3ccc(F)c(Cl)c3)cn2)ccn1. The van der Waals surface area contributed by atoms with E-state index in [0.29, 0.717) is 11.4 Å². The first-order valence-corrected chi connectivity index (χ1v) is 10.8. The first-order valence-electron chi connectivity index (χ1n) is 8.95. The van der Waals surface area contributed by atoms with Crippen molar-refractivity contribution in [3.63, 3.8) is 0 Å². The number of rotatable bonds is 8. The van der Waals surface area contributed by atoms with Gasteiger partial charge in [-0.05, 0) is 41.5 Å². The number of hydrogen-bond donors (Lipinski definition) is 2. The summed E-state index contributed by atoms with van der Waals surface area (Å²) in [5.41, 5.74) is 1.53. The average molecular weight is 465 g/mol. The molecule has 0 radical (unpaired) electrons. The van der Waals surface area contributed by atoms with Crippen molar-refractivity contribution < 1.29 is 22.3 Å². The molecule has 0 fully saturated rings. The number of carbonyl (C=O) groups excluding carboxylic acids is 1. The van der Waals surface area contributed by atoms with Gasteiger partial charge in [-0.2, -0.15) is 0 Å². The van der Waals surface area contributed by atoms with Gasteiger partial charge in [-0.1, -0.05) is 17.7 Å². The van der Waals surface area contributed by atoms with Crippen LogP contribution in [-0.4, -0.2) is 31.4 Å². The van der Waals surface area contributed by atoms with Crippen molar-refractivity contribution in [2.75, 3.05) is 7.11 Å². The Bertz CT molecular complexity index is 1190. The van der Waals surface area contributed by atoms with Crippen LogP contribution < -0.4 is 14.8 Å². The minimum atomic E-state index is -3.89. The molecule has 2 heterocycles. The normalized spacial score (nSPS) is 11.2. The third-order valence-corrected chi connectivity index (χ3v) is 5.88. The summed E-state index contributed by atoms with van der Waals surface area (Å²) in [6.45, 7) is 0.199. The molecular formula is C20H18ClFN4O4S. The molecule has 8 nitrogen and oxygen atoms in total. The van der Waals surface area contributed by atoms with E-state index in [9.17, 15) is 17.6 Å². The molecule has 1 amide bonds. The van der Waals surface area contributed by atoms with Crippen molar-refractivity contribution in [2.45, 2.75) is 18.0 Å². The fourth-order valence-electron chi connectivity index (χ4n) is 2.51. The topological polar surface area (TPSA) is 110 Å². The van der Waals surface area contributed by atoms with E-state index >= 15 is 0 Å². The van der Waals surface area contributed by atoms with E-state index in [1.54, 1.807) is 24.4 Å². The largest absolute Gasteiger partial charge is 0.481 e. The van der Waals surface area contributed by atoms with Gasteiger partial charge in [0.05, 0.1) is 17.0 Å². The van der Waals surface area contributed by atoms with Gasteiger partial charge in [0, 0.05) is 31.5 Å². The number of sulfonamides is 1. The van der Waals surface area contributed by atoms with E-state index in [1.165, 1.54) is 19.4 Å². The van der Waals surface area contributed by atoms with Gasteiger partial charge < -0.3 is 10.1 Å². The van der Waals surface area contributed by atoms with E-state index in [2.05, 4.69) is 20.0 Å². The molecule has 0 aliphatic carbocycles. The van der Waals surface area contributed by atoms with Crippen LogP contribution in [0.25, 0.3) is 0 Å². The Balaban J connectivity index is 1.58. The number of amides is 1. The molecule has 0 saturated heterocycles. The second kappa shape index (κ2) is 9.82. The lowest BCUT2D eigenvalue weighted by atomic mass is 10.2. The predicted molar refractivity (Wildman–Crippen MR) is 112 cm³/mol. The summed E-state index contributed by atoms with van der Waals surface area (Å²) in [5, 5.41) is 2.45. The molecule has 31 heavy (non-hydrogen) atoms. The number of aromatic nitrogens is 2. The summed E-state index contributed by atoms with van der Waals surface area (Å²) < 4.78 is 45.3. The van der Waals surface area contributed by atoms with Crippen LogP contribution in [0.4, 0.5) is 4.39 Å². The van der Waals surface area contributed by atoms with Gasteiger partial charge in [0.2, 0.25) is 15.9 Å². The van der Waals surface area contributed by atoms with Gasteiger partial charge >= 0.3 is 0 Å². The fourth-order valence-corrected chi connectivity index (χ4v) is 3.80. The second-order valence-electron chi connectivity index (χ2n) is 6.34. The summed E-state index contributed by atoms with van der Waals surface area (Å²) in [5.74, 6) is -0.648. The molecule has 2 N–H and O–H groups in total. The molecule has 11 heteroatoms. The Morgan fingerprint density at radius 3 is 2.58 bits per heavy atom. The monoisotopic (exact) mass is 464 g/mol. The fraction of sp³-hybridized carbons (Fsp3) is 0.150. The standard InChI is InChI=1S/C20H18ClFN4O4S/c1-30-19-8-13(6-7-23-19)10-25-20(27)18-5-2-14(11-24-18)12-26-31(28,29)15-3-4-17(22)16(21)9-15/h2-9,11,26H,10,12H2,1H3,(H,25,27). The van der Waals surface area contributed by atoms with Crippen LogP contribution in [0.2, 0.25) is 5.02 Å². The number of benzene rings is 1. The summed E-state index contributed by atoms with van der Waals surface area (Å²) in [7, 11) is -2.39. The molecule has 1 aromatic carbocycles. The van der Waals surface area contributed by atoms with E-state index < -0.39 is 15.8 Å². The number of carbonyl (C=O) groups is 1. The summed E-state index contributed by atoms with van der Waals surface area (Å²) in [4.78, 5) is 20.2. The van der Waals surface area contributed by atoms with Crippen LogP contribution in [-0.2, 0) is 23.1 Å². The summed E-state index contributed by atoms with van der Waals surface area (Å²) >= 11 is 5.64. The number of ether oxygens (including phenoxy) is 1. The van der Waals surface area contributed by atoms with Gasteiger partial charge in [0.1, 0.15) is 11.5 Å². The Morgan fingerprint density at radius 2 is 1.90 bits per heavy atom. The van der Waals surface area contributed by atoms with Crippen LogP contribution in [0.1, 0.15) is 21.6 Å². The predicted octanol–water partition coefficient (Wildman–Crippen LogP) is 2.69. The molecule has 3 rings (SSSR count). The summed E-state index contributed by atoms with van der Waals surface area (Å²) in [6.07, 6.45) is 2.97. The molecule has 0 atom stereocenters. The lowest BCUT2D eigenvalue weighted by molar-refractivity contribution is 0.0946. The highest BCUT2D eigenvalue weighted by molar-refractivity contribution is 7.89. The van der Waals surface area contributed by atoms with Crippen molar-refractivity contribution in [3.05, 3.63) is 82.5 Å². The quantitative estimate of drug-likeness (QED) is 0.530. The third kappa shape index (κ3) is 5.97. The molecule has 162 valence electrons. The summed E-state index contributed by atoms with van der Waals surface area (Å²) in [6, 6.07) is 9.65. The molecule has 0 aliphatic heterocycles. The molecule has 0 saturated carbocycles. The zero-order valence-corrected chi connectivity index (χ0v) is 17.9. The highest BCUT2D eigenvalue weighted by Gasteiger charge is 2.16. The van der Waals surface area contributed by atoms with Crippen molar-refractivity contribution in [1.82, 2.24) is 20.0 Å². The molecule has 0 spiro atoms. The molecule has 0 bridgehead atoms. The van der Waals surface area contributed by atoms with E-state index in [4.69, 9.17) is 16.3 Å². The molecule has 3 aromatic rings. The van der Waals surface area contributed by atoms with Gasteiger partial charge in [0.15, 0.2) is 0 Å². The number of hydrogen-bond acceptors (Lipinski definition) is 6. The minimum absolute atomic E-state index is 0.0664. The number of halogens is 2. The number of nitrogens with one attached hydrogen (secondary N) is 2. The number of methoxy groups -OCH3 is 1. The maximum atomic E-state index is 13.2. The highest BCUT2D eigenvalue weighted by atomic mass is 35.5. The molecule has 0 unspecified atom stereocenters. The molecular weight excluding hydrogens is 447 g/mol. The van der Waals surface area contributed by atoms with Crippen LogP contribution in [0.3, 0.4) is 0 Å². The molecule has 0 aliphatic rings. The Morgan fingerprint density at radius 1 is 1.10 bits per heavy atom. The second-order valence-corrected chi connectivity index (χ2v) is 8.52. The Labute approximate surface area is 183 Å². The van der Waals surface area contributed by atoms with Crippen molar-refractivity contribution in [3.8, 4) is 5.88 Å². The Hall–Kier alpha value is -3.08. The van der Waals surface area contributed by atoms with Gasteiger partial charge in [0.25, 0.3) is 5.91 Å². The average Bonchev–Trinajstić information content (AvgIpc) is 2.78. The Kier molecular flexibility index (Phi) is 7.16. The van der Waals surface area contributed by atoms with Gasteiger partial charge in [-0.15, -0.1) is 0 Å². The van der Waals surface area contributed by atoms with E-state index in [0.717, 1.165) is 23.8 Å². The van der Waals surface area contributed by atoms with Crippen LogP contribution >= 0.6 is 11.6 Å². The zero-order chi connectivity index (χ0) is 22.4. The lowest BCUT2D eigenvalue weighted by Gasteiger charge is -2.09. The van der Waals surface area contributed by atoms with Crippen LogP contribution in [0, 0.1) is 5.82 Å².